The first kappa shape index (κ1) is 13.9. The number of aliphatic imine (C=N–C) groups is 2. The number of hydrogen-bond donors (Lipinski definition) is 4. The van der Waals surface area contributed by atoms with Crippen LogP contribution in [0.4, 0.5) is 0 Å². The highest BCUT2D eigenvalue weighted by Crippen LogP contribution is 2.09. The van der Waals surface area contributed by atoms with Crippen LogP contribution in [-0.2, 0) is 16.6 Å². The summed E-state index contributed by atoms with van der Waals surface area (Å²) >= 11 is 0. The maximum Gasteiger partial charge on any atom is 0.238 e. The van der Waals surface area contributed by atoms with Crippen LogP contribution in [0.1, 0.15) is 5.56 Å². The molecule has 0 fully saturated rings. The lowest BCUT2D eigenvalue weighted by molar-refractivity contribution is 0.598. The van der Waals surface area contributed by atoms with E-state index in [1.54, 1.807) is 12.1 Å². The van der Waals surface area contributed by atoms with Crippen LogP contribution in [0.25, 0.3) is 0 Å². The normalized spacial score (nSPS) is 12.2. The van der Waals surface area contributed by atoms with Crippen LogP contribution in [0.3, 0.4) is 0 Å². The molecule has 0 aromatic heterocycles. The third-order valence-electron chi connectivity index (χ3n) is 1.92. The summed E-state index contributed by atoms with van der Waals surface area (Å²) in [6.07, 6.45) is 0. The van der Waals surface area contributed by atoms with E-state index in [1.807, 2.05) is 0 Å². The Morgan fingerprint density at radius 2 is 1.67 bits per heavy atom. The van der Waals surface area contributed by atoms with Gasteiger partial charge in [0, 0.05) is 0 Å². The van der Waals surface area contributed by atoms with E-state index in [-0.39, 0.29) is 23.4 Å². The molecule has 0 saturated heterocycles. The maximum atomic E-state index is 11.0. The largest absolute Gasteiger partial charge is 0.370 e. The molecule has 0 unspecified atom stereocenters. The molecule has 0 heterocycles. The number of benzene rings is 1. The topological polar surface area (TPSA) is 163 Å². The first-order chi connectivity index (χ1) is 8.29. The Balaban J connectivity index is 2.80. The van der Waals surface area contributed by atoms with Crippen molar-refractivity contribution in [1.82, 2.24) is 0 Å². The summed E-state index contributed by atoms with van der Waals surface area (Å²) in [7, 11) is -3.68. The first-order valence-corrected chi connectivity index (χ1v) is 6.35. The Labute approximate surface area is 104 Å². The standard InChI is InChI=1S/C9H14N6O2S/c10-8(11)15-9(12)14-5-6-1-3-7(4-2-6)18(13,16)17/h1-4H,5H2,(H2,13,16,17)(H6,10,11,12,14,15). The fourth-order valence-corrected chi connectivity index (χ4v) is 1.64. The maximum absolute atomic E-state index is 11.0. The van der Waals surface area contributed by atoms with Crippen molar-refractivity contribution in [2.24, 2.45) is 32.3 Å². The van der Waals surface area contributed by atoms with Crippen LogP contribution in [-0.4, -0.2) is 20.3 Å². The molecule has 98 valence electrons. The summed E-state index contributed by atoms with van der Waals surface area (Å²) in [5, 5.41) is 4.96. The number of nitrogens with zero attached hydrogens (tertiary/aromatic N) is 2. The molecule has 0 amide bonds. The molecule has 1 rings (SSSR count). The number of hydrogen-bond acceptors (Lipinski definition) is 3. The van der Waals surface area contributed by atoms with Crippen molar-refractivity contribution in [3.8, 4) is 0 Å². The van der Waals surface area contributed by atoms with Crippen molar-refractivity contribution >= 4 is 21.9 Å². The highest BCUT2D eigenvalue weighted by molar-refractivity contribution is 7.89. The Hall–Kier alpha value is -2.13. The van der Waals surface area contributed by atoms with Gasteiger partial charge in [-0.3, -0.25) is 0 Å². The van der Waals surface area contributed by atoms with E-state index in [1.165, 1.54) is 12.1 Å². The van der Waals surface area contributed by atoms with Gasteiger partial charge in [-0.1, -0.05) is 12.1 Å². The second-order valence-electron chi connectivity index (χ2n) is 3.40. The molecule has 8 N–H and O–H groups in total. The zero-order chi connectivity index (χ0) is 13.8. The molecule has 0 aliphatic rings. The van der Waals surface area contributed by atoms with E-state index in [9.17, 15) is 8.42 Å². The van der Waals surface area contributed by atoms with E-state index >= 15 is 0 Å². The van der Waals surface area contributed by atoms with Crippen molar-refractivity contribution in [2.75, 3.05) is 0 Å². The number of guanidine groups is 2. The molecule has 1 aromatic rings. The van der Waals surface area contributed by atoms with Crippen LogP contribution in [0.15, 0.2) is 39.1 Å². The third-order valence-corrected chi connectivity index (χ3v) is 2.85. The number of primary sulfonamides is 1. The monoisotopic (exact) mass is 270 g/mol. The van der Waals surface area contributed by atoms with E-state index in [0.29, 0.717) is 0 Å². The van der Waals surface area contributed by atoms with Crippen molar-refractivity contribution in [3.05, 3.63) is 29.8 Å². The number of rotatable bonds is 3. The van der Waals surface area contributed by atoms with E-state index in [0.717, 1.165) is 5.56 Å². The highest BCUT2D eigenvalue weighted by atomic mass is 32.2. The molecule has 18 heavy (non-hydrogen) atoms. The third kappa shape index (κ3) is 4.39. The molecule has 0 spiro atoms. The molecular formula is C9H14N6O2S. The zero-order valence-electron chi connectivity index (χ0n) is 9.45. The minimum atomic E-state index is -3.68. The predicted molar refractivity (Wildman–Crippen MR) is 69.0 cm³/mol. The van der Waals surface area contributed by atoms with Crippen molar-refractivity contribution < 1.29 is 8.42 Å². The zero-order valence-corrected chi connectivity index (χ0v) is 10.3. The van der Waals surface area contributed by atoms with Gasteiger partial charge in [0.05, 0.1) is 11.4 Å². The van der Waals surface area contributed by atoms with Crippen LogP contribution < -0.4 is 22.3 Å². The Kier molecular flexibility index (Phi) is 4.23. The lowest BCUT2D eigenvalue weighted by Crippen LogP contribution is -2.26. The van der Waals surface area contributed by atoms with Gasteiger partial charge in [-0.15, -0.1) is 0 Å². The van der Waals surface area contributed by atoms with Gasteiger partial charge in [-0.2, -0.15) is 4.99 Å². The molecule has 8 nitrogen and oxygen atoms in total. The van der Waals surface area contributed by atoms with Gasteiger partial charge < -0.3 is 17.2 Å². The predicted octanol–water partition coefficient (Wildman–Crippen LogP) is -1.58. The fourth-order valence-electron chi connectivity index (χ4n) is 1.12. The minimum absolute atomic E-state index is 0.0347. The van der Waals surface area contributed by atoms with Crippen LogP contribution >= 0.6 is 0 Å². The average molecular weight is 270 g/mol. The molecule has 9 heteroatoms. The molecule has 0 bridgehead atoms. The lowest BCUT2D eigenvalue weighted by Gasteiger charge is -2.00. The molecular weight excluding hydrogens is 256 g/mol. The van der Waals surface area contributed by atoms with Gasteiger partial charge in [0.2, 0.25) is 16.0 Å². The average Bonchev–Trinajstić information content (AvgIpc) is 2.25. The lowest BCUT2D eigenvalue weighted by atomic mass is 10.2. The number of nitrogens with two attached hydrogens (primary N) is 4. The summed E-state index contributed by atoms with van der Waals surface area (Å²) in [6.45, 7) is 0.230. The summed E-state index contributed by atoms with van der Waals surface area (Å²) in [4.78, 5) is 7.46. The van der Waals surface area contributed by atoms with Gasteiger partial charge in [-0.05, 0) is 17.7 Å². The number of sulfonamides is 1. The SMILES string of the molecule is NC(N)=NC(N)=NCc1ccc(S(N)(=O)=O)cc1. The molecule has 0 saturated carbocycles. The Morgan fingerprint density at radius 3 is 2.11 bits per heavy atom. The summed E-state index contributed by atoms with van der Waals surface area (Å²) in [6, 6.07) is 5.92. The van der Waals surface area contributed by atoms with Crippen LogP contribution in [0.2, 0.25) is 0 Å². The second kappa shape index (κ2) is 5.47. The van der Waals surface area contributed by atoms with Gasteiger partial charge in [0.1, 0.15) is 0 Å². The quantitative estimate of drug-likeness (QED) is 0.384. The van der Waals surface area contributed by atoms with Crippen LogP contribution in [0.5, 0.6) is 0 Å². The summed E-state index contributed by atoms with van der Waals surface area (Å²) < 4.78 is 22.0. The molecule has 0 aliphatic heterocycles. The molecule has 0 aliphatic carbocycles. The Bertz CT molecular complexity index is 572. The fraction of sp³-hybridized carbons (Fsp3) is 0.111. The van der Waals surface area contributed by atoms with Gasteiger partial charge in [-0.25, -0.2) is 18.5 Å². The van der Waals surface area contributed by atoms with E-state index in [2.05, 4.69) is 9.98 Å². The van der Waals surface area contributed by atoms with Crippen molar-refractivity contribution in [3.63, 3.8) is 0 Å². The van der Waals surface area contributed by atoms with Gasteiger partial charge in [0.25, 0.3) is 0 Å². The van der Waals surface area contributed by atoms with Crippen molar-refractivity contribution in [2.45, 2.75) is 11.4 Å². The van der Waals surface area contributed by atoms with Crippen molar-refractivity contribution in [1.29, 1.82) is 0 Å². The summed E-state index contributed by atoms with van der Waals surface area (Å²) in [5.41, 5.74) is 16.4. The smallest absolute Gasteiger partial charge is 0.238 e. The van der Waals surface area contributed by atoms with E-state index < -0.39 is 10.0 Å². The molecule has 0 atom stereocenters. The highest BCUT2D eigenvalue weighted by Gasteiger charge is 2.06. The second-order valence-corrected chi connectivity index (χ2v) is 4.96. The summed E-state index contributed by atoms with van der Waals surface area (Å²) in [5.74, 6) is -0.230. The Morgan fingerprint density at radius 1 is 1.11 bits per heavy atom. The molecule has 0 radical (unpaired) electrons. The van der Waals surface area contributed by atoms with Crippen LogP contribution in [0, 0.1) is 0 Å². The first-order valence-electron chi connectivity index (χ1n) is 4.80. The van der Waals surface area contributed by atoms with E-state index in [4.69, 9.17) is 22.3 Å². The molecule has 1 aromatic carbocycles. The minimum Gasteiger partial charge on any atom is -0.370 e. The van der Waals surface area contributed by atoms with Gasteiger partial charge in [0.15, 0.2) is 5.96 Å². The van der Waals surface area contributed by atoms with Gasteiger partial charge >= 0.3 is 0 Å².